The first kappa shape index (κ1) is 13.8. The first-order valence-corrected chi connectivity index (χ1v) is 6.66. The fourth-order valence-electron chi connectivity index (χ4n) is 1.92. The highest BCUT2D eigenvalue weighted by molar-refractivity contribution is 6.29. The number of benzene rings is 1. The molecule has 19 heavy (non-hydrogen) atoms. The molecular weight excluding hydrogens is 258 g/mol. The lowest BCUT2D eigenvalue weighted by Gasteiger charge is -2.26. The normalized spacial score (nSPS) is 11.4. The summed E-state index contributed by atoms with van der Waals surface area (Å²) in [4.78, 5) is 8.38. The van der Waals surface area contributed by atoms with Crippen LogP contribution in [0, 0.1) is 6.92 Å². The smallest absolute Gasteiger partial charge is 0.134 e. The van der Waals surface area contributed by atoms with E-state index in [0.717, 1.165) is 12.4 Å². The van der Waals surface area contributed by atoms with E-state index in [9.17, 15) is 0 Å². The molecule has 0 aliphatic heterocycles. The number of hydrogen-bond acceptors (Lipinski definition) is 3. The second-order valence-corrected chi connectivity index (χ2v) is 5.61. The number of hydrogen-bond donors (Lipinski definition) is 1. The predicted octanol–water partition coefficient (Wildman–Crippen LogP) is 3.83. The molecule has 100 valence electrons. The maximum Gasteiger partial charge on any atom is 0.134 e. The largest absolute Gasteiger partial charge is 0.369 e. The van der Waals surface area contributed by atoms with Crippen LogP contribution in [0.25, 0.3) is 0 Å². The molecule has 1 aromatic carbocycles. The SMILES string of the molecule is Cc1nc(Cl)cc(NCC(C)(C)c2ccccc2)n1. The van der Waals surface area contributed by atoms with E-state index in [1.54, 1.807) is 6.07 Å². The van der Waals surface area contributed by atoms with Crippen LogP contribution in [0.4, 0.5) is 5.82 Å². The van der Waals surface area contributed by atoms with Gasteiger partial charge >= 0.3 is 0 Å². The highest BCUT2D eigenvalue weighted by Gasteiger charge is 2.20. The summed E-state index contributed by atoms with van der Waals surface area (Å²) >= 11 is 5.93. The Hall–Kier alpha value is -1.61. The fraction of sp³-hybridized carbons (Fsp3) is 0.333. The maximum atomic E-state index is 5.93. The van der Waals surface area contributed by atoms with Crippen LogP contribution < -0.4 is 5.32 Å². The summed E-state index contributed by atoms with van der Waals surface area (Å²) in [7, 11) is 0. The van der Waals surface area contributed by atoms with Gasteiger partial charge < -0.3 is 5.32 Å². The maximum absolute atomic E-state index is 5.93. The lowest BCUT2D eigenvalue weighted by Crippen LogP contribution is -2.27. The van der Waals surface area contributed by atoms with E-state index in [1.807, 2.05) is 13.0 Å². The fourth-order valence-corrected chi connectivity index (χ4v) is 2.15. The third kappa shape index (κ3) is 3.67. The third-order valence-corrected chi connectivity index (χ3v) is 3.27. The molecule has 0 radical (unpaired) electrons. The van der Waals surface area contributed by atoms with Crippen LogP contribution >= 0.6 is 11.6 Å². The van der Waals surface area contributed by atoms with Crippen molar-refractivity contribution in [3.63, 3.8) is 0 Å². The molecule has 0 bridgehead atoms. The molecule has 0 spiro atoms. The first-order valence-electron chi connectivity index (χ1n) is 6.28. The van der Waals surface area contributed by atoms with Crippen LogP contribution in [0.15, 0.2) is 36.4 Å². The first-order chi connectivity index (χ1) is 8.97. The number of aryl methyl sites for hydroxylation is 1. The number of halogens is 1. The summed E-state index contributed by atoms with van der Waals surface area (Å²) in [5, 5.41) is 3.79. The molecule has 0 aliphatic rings. The number of aromatic nitrogens is 2. The van der Waals surface area contributed by atoms with Crippen molar-refractivity contribution in [1.29, 1.82) is 0 Å². The molecule has 2 aromatic rings. The molecule has 0 saturated heterocycles. The Bertz CT molecular complexity index is 532. The van der Waals surface area contributed by atoms with Gasteiger partial charge in [-0.15, -0.1) is 0 Å². The van der Waals surface area contributed by atoms with Crippen molar-refractivity contribution in [2.24, 2.45) is 0 Å². The molecule has 0 atom stereocenters. The minimum absolute atomic E-state index is 0.0204. The van der Waals surface area contributed by atoms with Gasteiger partial charge in [-0.25, -0.2) is 9.97 Å². The molecule has 2 rings (SSSR count). The Kier molecular flexibility index (Phi) is 4.05. The van der Waals surface area contributed by atoms with Crippen LogP contribution in [-0.2, 0) is 5.41 Å². The molecule has 0 unspecified atom stereocenters. The van der Waals surface area contributed by atoms with E-state index in [4.69, 9.17) is 11.6 Å². The lowest BCUT2D eigenvalue weighted by atomic mass is 9.85. The second-order valence-electron chi connectivity index (χ2n) is 5.23. The second kappa shape index (κ2) is 5.57. The molecule has 4 heteroatoms. The van der Waals surface area contributed by atoms with Gasteiger partial charge in [-0.05, 0) is 12.5 Å². The molecule has 0 aliphatic carbocycles. The highest BCUT2D eigenvalue weighted by Crippen LogP contribution is 2.23. The minimum Gasteiger partial charge on any atom is -0.369 e. The number of nitrogens with zero attached hydrogens (tertiary/aromatic N) is 2. The summed E-state index contributed by atoms with van der Waals surface area (Å²) < 4.78 is 0. The Labute approximate surface area is 119 Å². The zero-order chi connectivity index (χ0) is 13.9. The summed E-state index contributed by atoms with van der Waals surface area (Å²) in [5.41, 5.74) is 1.31. The van der Waals surface area contributed by atoms with Crippen LogP contribution in [-0.4, -0.2) is 16.5 Å². The number of rotatable bonds is 4. The summed E-state index contributed by atoms with van der Waals surface area (Å²) in [6.07, 6.45) is 0. The van der Waals surface area contributed by atoms with Gasteiger partial charge in [0.25, 0.3) is 0 Å². The van der Waals surface area contributed by atoms with Gasteiger partial charge in [-0.2, -0.15) is 0 Å². The van der Waals surface area contributed by atoms with Crippen molar-refractivity contribution in [2.45, 2.75) is 26.2 Å². The van der Waals surface area contributed by atoms with E-state index in [1.165, 1.54) is 5.56 Å². The van der Waals surface area contributed by atoms with Gasteiger partial charge in [0, 0.05) is 18.0 Å². The summed E-state index contributed by atoms with van der Waals surface area (Å²) in [5.74, 6) is 1.44. The third-order valence-electron chi connectivity index (χ3n) is 3.07. The number of anilines is 1. The van der Waals surface area contributed by atoms with Gasteiger partial charge in [0.1, 0.15) is 16.8 Å². The summed E-state index contributed by atoms with van der Waals surface area (Å²) in [6, 6.07) is 12.2. The Morgan fingerprint density at radius 2 is 1.84 bits per heavy atom. The van der Waals surface area contributed by atoms with Gasteiger partial charge in [-0.1, -0.05) is 55.8 Å². The molecule has 3 nitrogen and oxygen atoms in total. The van der Waals surface area contributed by atoms with Crippen molar-refractivity contribution in [3.05, 3.63) is 52.9 Å². The molecular formula is C15H18ClN3. The Morgan fingerprint density at radius 1 is 1.16 bits per heavy atom. The van der Waals surface area contributed by atoms with Crippen molar-refractivity contribution < 1.29 is 0 Å². The molecule has 0 amide bonds. The van der Waals surface area contributed by atoms with Crippen LogP contribution in [0.2, 0.25) is 5.15 Å². The lowest BCUT2D eigenvalue weighted by molar-refractivity contribution is 0.556. The Morgan fingerprint density at radius 3 is 2.47 bits per heavy atom. The van der Waals surface area contributed by atoms with E-state index >= 15 is 0 Å². The van der Waals surface area contributed by atoms with Gasteiger partial charge in [-0.3, -0.25) is 0 Å². The van der Waals surface area contributed by atoms with E-state index < -0.39 is 0 Å². The number of nitrogens with one attached hydrogen (secondary N) is 1. The Balaban J connectivity index is 2.09. The van der Waals surface area contributed by atoms with Crippen molar-refractivity contribution >= 4 is 17.4 Å². The van der Waals surface area contributed by atoms with Gasteiger partial charge in [0.2, 0.25) is 0 Å². The van der Waals surface area contributed by atoms with Gasteiger partial charge in [0.15, 0.2) is 0 Å². The molecule has 1 heterocycles. The minimum atomic E-state index is 0.0204. The van der Waals surface area contributed by atoms with E-state index in [-0.39, 0.29) is 5.41 Å². The van der Waals surface area contributed by atoms with E-state index in [0.29, 0.717) is 11.0 Å². The molecule has 0 saturated carbocycles. The van der Waals surface area contributed by atoms with Crippen LogP contribution in [0.1, 0.15) is 25.2 Å². The van der Waals surface area contributed by atoms with E-state index in [2.05, 4.69) is 53.4 Å². The van der Waals surface area contributed by atoms with Crippen molar-refractivity contribution in [3.8, 4) is 0 Å². The zero-order valence-electron chi connectivity index (χ0n) is 11.4. The standard InChI is InChI=1S/C15H18ClN3/c1-11-18-13(16)9-14(19-11)17-10-15(2,3)12-7-5-4-6-8-12/h4-9H,10H2,1-3H3,(H,17,18,19). The van der Waals surface area contributed by atoms with Crippen LogP contribution in [0.3, 0.4) is 0 Å². The average molecular weight is 276 g/mol. The highest BCUT2D eigenvalue weighted by atomic mass is 35.5. The van der Waals surface area contributed by atoms with Crippen molar-refractivity contribution in [2.75, 3.05) is 11.9 Å². The van der Waals surface area contributed by atoms with Gasteiger partial charge in [0.05, 0.1) is 0 Å². The predicted molar refractivity (Wildman–Crippen MR) is 79.7 cm³/mol. The van der Waals surface area contributed by atoms with Crippen molar-refractivity contribution in [1.82, 2.24) is 9.97 Å². The molecule has 1 aromatic heterocycles. The molecule has 0 fully saturated rings. The zero-order valence-corrected chi connectivity index (χ0v) is 12.2. The average Bonchev–Trinajstić information content (AvgIpc) is 2.37. The van der Waals surface area contributed by atoms with Crippen LogP contribution in [0.5, 0.6) is 0 Å². The monoisotopic (exact) mass is 275 g/mol. The molecule has 1 N–H and O–H groups in total. The summed E-state index contributed by atoms with van der Waals surface area (Å²) in [6.45, 7) is 7.01. The topological polar surface area (TPSA) is 37.8 Å². The quantitative estimate of drug-likeness (QED) is 0.862.